The number of amides is 1. The van der Waals surface area contributed by atoms with E-state index >= 15 is 0 Å². The summed E-state index contributed by atoms with van der Waals surface area (Å²) in [5.74, 6) is 1.13. The van der Waals surface area contributed by atoms with E-state index in [-0.39, 0.29) is 17.6 Å². The highest BCUT2D eigenvalue weighted by Gasteiger charge is 2.74. The number of methoxy groups -OCH3 is 2. The lowest BCUT2D eigenvalue weighted by Crippen LogP contribution is -2.65. The summed E-state index contributed by atoms with van der Waals surface area (Å²) in [5.41, 5.74) is 1.97. The molecule has 0 bridgehead atoms. The molecule has 7 heteroatoms. The van der Waals surface area contributed by atoms with Crippen LogP contribution in [0.3, 0.4) is 0 Å². The van der Waals surface area contributed by atoms with Gasteiger partial charge in [0.1, 0.15) is 17.0 Å². The summed E-state index contributed by atoms with van der Waals surface area (Å²) in [6.45, 7) is 1.37. The van der Waals surface area contributed by atoms with E-state index in [4.69, 9.17) is 9.47 Å². The van der Waals surface area contributed by atoms with Crippen LogP contribution in [-0.4, -0.2) is 57.5 Å². The number of nitrogens with one attached hydrogen (secondary N) is 2. The van der Waals surface area contributed by atoms with Crippen LogP contribution in [0, 0.1) is 5.41 Å². The van der Waals surface area contributed by atoms with Gasteiger partial charge in [0.15, 0.2) is 5.78 Å². The number of Topliss-reactive ketones (excluding diaryl/α,β-unsaturated/α-hetero) is 1. The minimum atomic E-state index is -1.16. The first-order valence-electron chi connectivity index (χ1n) is 12.8. The molecule has 0 saturated carbocycles. The lowest BCUT2D eigenvalue weighted by molar-refractivity contribution is -0.143. The highest BCUT2D eigenvalue weighted by molar-refractivity contribution is 6.15. The SMILES string of the molecule is COc1ccc(/C=C2\CNC[C@]3(C2=O)[C@H](c2ccc(OC)cc2)CN(C)[C@]32C(=O)Nc3ccccc32)cc1. The van der Waals surface area contributed by atoms with Gasteiger partial charge in [-0.25, -0.2) is 0 Å². The predicted molar refractivity (Wildman–Crippen MR) is 146 cm³/mol. The van der Waals surface area contributed by atoms with Crippen LogP contribution in [0.25, 0.3) is 6.08 Å². The van der Waals surface area contributed by atoms with Gasteiger partial charge in [-0.1, -0.05) is 42.5 Å². The van der Waals surface area contributed by atoms with Crippen molar-refractivity contribution in [3.63, 3.8) is 0 Å². The molecule has 6 rings (SSSR count). The molecule has 2 spiro atoms. The number of likely N-dealkylation sites (N-methyl/N-ethyl adjacent to an activating group) is 1. The number of para-hydroxylation sites is 1. The van der Waals surface area contributed by atoms with Crippen LogP contribution in [0.2, 0.25) is 0 Å². The number of rotatable bonds is 4. The van der Waals surface area contributed by atoms with E-state index < -0.39 is 11.0 Å². The molecule has 2 N–H and O–H groups in total. The van der Waals surface area contributed by atoms with Gasteiger partial charge in [0.2, 0.25) is 0 Å². The van der Waals surface area contributed by atoms with E-state index in [2.05, 4.69) is 15.5 Å². The first kappa shape index (κ1) is 24.4. The van der Waals surface area contributed by atoms with E-state index in [0.717, 1.165) is 33.9 Å². The van der Waals surface area contributed by atoms with Gasteiger partial charge in [0.25, 0.3) is 5.91 Å². The van der Waals surface area contributed by atoms with E-state index in [1.165, 1.54) is 0 Å². The summed E-state index contributed by atoms with van der Waals surface area (Å²) in [6.07, 6.45) is 1.94. The van der Waals surface area contributed by atoms with Gasteiger partial charge in [-0.05, 0) is 54.6 Å². The summed E-state index contributed by atoms with van der Waals surface area (Å²) in [5, 5.41) is 6.65. The van der Waals surface area contributed by atoms with Crippen molar-refractivity contribution in [3.05, 3.63) is 95.1 Å². The molecular weight excluding hydrogens is 478 g/mol. The summed E-state index contributed by atoms with van der Waals surface area (Å²) < 4.78 is 10.7. The number of nitrogens with zero attached hydrogens (tertiary/aromatic N) is 1. The number of anilines is 1. The molecule has 194 valence electrons. The Labute approximate surface area is 222 Å². The van der Waals surface area contributed by atoms with Gasteiger partial charge < -0.3 is 20.1 Å². The molecule has 0 radical (unpaired) electrons. The van der Waals surface area contributed by atoms with Crippen molar-refractivity contribution in [2.24, 2.45) is 5.41 Å². The van der Waals surface area contributed by atoms with Gasteiger partial charge in [-0.3, -0.25) is 14.5 Å². The Morgan fingerprint density at radius 3 is 2.26 bits per heavy atom. The Morgan fingerprint density at radius 2 is 1.58 bits per heavy atom. The van der Waals surface area contributed by atoms with Crippen LogP contribution in [0.5, 0.6) is 11.5 Å². The molecule has 2 fully saturated rings. The number of ether oxygens (including phenoxy) is 2. The van der Waals surface area contributed by atoms with Gasteiger partial charge in [0.05, 0.1) is 19.6 Å². The lowest BCUT2D eigenvalue weighted by atomic mass is 9.56. The Bertz CT molecular complexity index is 1430. The van der Waals surface area contributed by atoms with Crippen molar-refractivity contribution in [2.75, 3.05) is 46.2 Å². The molecule has 0 unspecified atom stereocenters. The molecule has 3 aliphatic rings. The van der Waals surface area contributed by atoms with Crippen molar-refractivity contribution >= 4 is 23.5 Å². The molecule has 3 atom stereocenters. The fourth-order valence-electron chi connectivity index (χ4n) is 6.88. The minimum absolute atomic E-state index is 0.00379. The molecule has 3 aliphatic heterocycles. The van der Waals surface area contributed by atoms with Crippen molar-refractivity contribution in [2.45, 2.75) is 11.5 Å². The van der Waals surface area contributed by atoms with E-state index in [0.29, 0.717) is 25.2 Å². The molecule has 38 heavy (non-hydrogen) atoms. The van der Waals surface area contributed by atoms with Crippen molar-refractivity contribution in [3.8, 4) is 11.5 Å². The zero-order valence-electron chi connectivity index (χ0n) is 21.8. The standard InChI is InChI=1S/C31H31N3O4/c1-34-18-26(21-10-14-24(38-3)15-11-21)30(31(34)25-6-4-5-7-27(25)33-29(31)36)19-32-17-22(28(30)35)16-20-8-12-23(37-2)13-9-20/h4-16,26,32H,17-19H2,1-3H3,(H,33,36)/b22-16+/t26-,30+,31+/m0/s1. The molecule has 0 aliphatic carbocycles. The number of piperidine rings is 1. The third-order valence-corrected chi connectivity index (χ3v) is 8.55. The third kappa shape index (κ3) is 3.28. The molecule has 0 aromatic heterocycles. The largest absolute Gasteiger partial charge is 0.497 e. The molecule has 1 amide bonds. The molecular formula is C31H31N3O4. The van der Waals surface area contributed by atoms with Crippen molar-refractivity contribution in [1.29, 1.82) is 0 Å². The highest BCUT2D eigenvalue weighted by atomic mass is 16.5. The number of hydrogen-bond donors (Lipinski definition) is 2. The summed E-state index contributed by atoms with van der Waals surface area (Å²) >= 11 is 0. The topological polar surface area (TPSA) is 79.9 Å². The summed E-state index contributed by atoms with van der Waals surface area (Å²) in [4.78, 5) is 31.1. The number of likely N-dealkylation sites (tertiary alicyclic amines) is 1. The molecule has 3 aromatic carbocycles. The minimum Gasteiger partial charge on any atom is -0.497 e. The van der Waals surface area contributed by atoms with Crippen molar-refractivity contribution < 1.29 is 19.1 Å². The zero-order chi connectivity index (χ0) is 26.5. The number of fused-ring (bicyclic) bond motifs is 3. The van der Waals surface area contributed by atoms with Crippen LogP contribution in [-0.2, 0) is 15.1 Å². The summed E-state index contributed by atoms with van der Waals surface area (Å²) in [6, 6.07) is 23.3. The van der Waals surface area contributed by atoms with E-state index in [1.807, 2.05) is 85.9 Å². The highest BCUT2D eigenvalue weighted by Crippen LogP contribution is 2.63. The lowest BCUT2D eigenvalue weighted by Gasteiger charge is -2.48. The quantitative estimate of drug-likeness (QED) is 0.521. The van der Waals surface area contributed by atoms with Gasteiger partial charge in [-0.15, -0.1) is 0 Å². The second kappa shape index (κ2) is 9.11. The predicted octanol–water partition coefficient (Wildman–Crippen LogP) is 3.82. The zero-order valence-corrected chi connectivity index (χ0v) is 21.8. The Balaban J connectivity index is 1.56. The number of hydrogen-bond acceptors (Lipinski definition) is 6. The first-order valence-corrected chi connectivity index (χ1v) is 12.8. The van der Waals surface area contributed by atoms with E-state index in [9.17, 15) is 9.59 Å². The molecule has 3 heterocycles. The average molecular weight is 510 g/mol. The van der Waals surface area contributed by atoms with Gasteiger partial charge >= 0.3 is 0 Å². The second-order valence-corrected chi connectivity index (χ2v) is 10.3. The maximum atomic E-state index is 14.9. The Kier molecular flexibility index (Phi) is 5.85. The number of benzene rings is 3. The summed E-state index contributed by atoms with van der Waals surface area (Å²) in [7, 11) is 5.23. The Morgan fingerprint density at radius 1 is 0.921 bits per heavy atom. The fraction of sp³-hybridized carbons (Fsp3) is 0.290. The molecule has 3 aromatic rings. The number of ketones is 1. The maximum absolute atomic E-state index is 14.9. The number of carbonyl (C=O) groups is 2. The van der Waals surface area contributed by atoms with Crippen LogP contribution >= 0.6 is 0 Å². The number of carbonyl (C=O) groups excluding carboxylic acids is 2. The average Bonchev–Trinajstić information content (AvgIpc) is 3.40. The van der Waals surface area contributed by atoms with Crippen molar-refractivity contribution in [1.82, 2.24) is 10.2 Å². The Hall–Kier alpha value is -3.94. The normalized spacial score (nSPS) is 27.7. The smallest absolute Gasteiger partial charge is 0.250 e. The first-order chi connectivity index (χ1) is 18.4. The maximum Gasteiger partial charge on any atom is 0.250 e. The van der Waals surface area contributed by atoms with Crippen LogP contribution in [0.1, 0.15) is 22.6 Å². The molecule has 2 saturated heterocycles. The van der Waals surface area contributed by atoms with Crippen LogP contribution in [0.4, 0.5) is 5.69 Å². The third-order valence-electron chi connectivity index (χ3n) is 8.55. The van der Waals surface area contributed by atoms with Crippen LogP contribution in [0.15, 0.2) is 78.4 Å². The van der Waals surface area contributed by atoms with Gasteiger partial charge in [0, 0.05) is 42.4 Å². The second-order valence-electron chi connectivity index (χ2n) is 10.3. The fourth-order valence-corrected chi connectivity index (χ4v) is 6.88. The van der Waals surface area contributed by atoms with E-state index in [1.54, 1.807) is 14.2 Å². The molecule has 7 nitrogen and oxygen atoms in total. The van der Waals surface area contributed by atoms with Crippen LogP contribution < -0.4 is 20.1 Å². The van der Waals surface area contributed by atoms with Gasteiger partial charge in [-0.2, -0.15) is 0 Å². The monoisotopic (exact) mass is 509 g/mol.